The van der Waals surface area contributed by atoms with Crippen LogP contribution in [0.5, 0.6) is 0 Å². The minimum Gasteiger partial charge on any atom is -0.334 e. The first-order valence-corrected chi connectivity index (χ1v) is 6.37. The van der Waals surface area contributed by atoms with Gasteiger partial charge in [0.25, 0.3) is 5.91 Å². The van der Waals surface area contributed by atoms with Gasteiger partial charge in [-0.1, -0.05) is 6.92 Å². The molecule has 6 nitrogen and oxygen atoms in total. The lowest BCUT2D eigenvalue weighted by Crippen LogP contribution is -2.27. The van der Waals surface area contributed by atoms with Crippen LogP contribution in [0.15, 0.2) is 24.5 Å². The highest BCUT2D eigenvalue weighted by molar-refractivity contribution is 5.91. The topological polar surface area (TPSA) is 56.0 Å². The number of hydrogen-bond acceptors (Lipinski definition) is 3. The monoisotopic (exact) mass is 261 g/mol. The lowest BCUT2D eigenvalue weighted by molar-refractivity contribution is 0.0775. The standard InChI is InChI=1S/C13H19N5O/c1-4-8-18-9-6-12(15-18)13(19)16(2)10-11-5-7-14-17(11)3/h5-7,9H,4,8,10H2,1-3H3. The Morgan fingerprint density at radius 2 is 2.21 bits per heavy atom. The van der Waals surface area contributed by atoms with Gasteiger partial charge in [0.05, 0.1) is 12.2 Å². The van der Waals surface area contributed by atoms with E-state index < -0.39 is 0 Å². The zero-order valence-corrected chi connectivity index (χ0v) is 11.6. The molecule has 0 unspecified atom stereocenters. The summed E-state index contributed by atoms with van der Waals surface area (Å²) in [5, 5.41) is 8.36. The number of hydrogen-bond donors (Lipinski definition) is 0. The summed E-state index contributed by atoms with van der Waals surface area (Å²) in [6.07, 6.45) is 4.57. The maximum atomic E-state index is 12.2. The number of carbonyl (C=O) groups is 1. The van der Waals surface area contributed by atoms with Crippen LogP contribution in [-0.4, -0.2) is 37.4 Å². The SMILES string of the molecule is CCCn1ccc(C(=O)N(C)Cc2ccnn2C)n1. The van der Waals surface area contributed by atoms with Crippen LogP contribution >= 0.6 is 0 Å². The van der Waals surface area contributed by atoms with Gasteiger partial charge in [0.1, 0.15) is 5.69 Å². The van der Waals surface area contributed by atoms with E-state index in [1.165, 1.54) is 0 Å². The van der Waals surface area contributed by atoms with Crippen LogP contribution in [0.4, 0.5) is 0 Å². The van der Waals surface area contributed by atoms with Gasteiger partial charge in [-0.25, -0.2) is 0 Å². The Bertz CT molecular complexity index is 557. The second-order valence-corrected chi connectivity index (χ2v) is 4.57. The van der Waals surface area contributed by atoms with E-state index in [-0.39, 0.29) is 5.91 Å². The summed E-state index contributed by atoms with van der Waals surface area (Å²) < 4.78 is 3.56. The molecule has 0 N–H and O–H groups in total. The Kier molecular flexibility index (Phi) is 3.99. The van der Waals surface area contributed by atoms with Crippen molar-refractivity contribution in [3.05, 3.63) is 35.9 Å². The maximum absolute atomic E-state index is 12.2. The zero-order chi connectivity index (χ0) is 13.8. The highest BCUT2D eigenvalue weighted by Crippen LogP contribution is 2.06. The van der Waals surface area contributed by atoms with E-state index in [0.29, 0.717) is 12.2 Å². The Balaban J connectivity index is 2.04. The van der Waals surface area contributed by atoms with E-state index >= 15 is 0 Å². The minimum atomic E-state index is -0.0731. The molecule has 2 aromatic rings. The number of aryl methyl sites for hydroxylation is 2. The number of amides is 1. The number of nitrogens with zero attached hydrogens (tertiary/aromatic N) is 5. The van der Waals surface area contributed by atoms with Crippen molar-refractivity contribution in [2.45, 2.75) is 26.4 Å². The van der Waals surface area contributed by atoms with Crippen LogP contribution in [0.1, 0.15) is 29.5 Å². The largest absolute Gasteiger partial charge is 0.334 e. The molecule has 2 heterocycles. The Hall–Kier alpha value is -2.11. The molecule has 2 aromatic heterocycles. The summed E-state index contributed by atoms with van der Waals surface area (Å²) in [5.41, 5.74) is 1.47. The van der Waals surface area contributed by atoms with Gasteiger partial charge in [0.15, 0.2) is 0 Å². The molecule has 6 heteroatoms. The fourth-order valence-electron chi connectivity index (χ4n) is 1.90. The second kappa shape index (κ2) is 5.69. The van der Waals surface area contributed by atoms with Gasteiger partial charge in [-0.3, -0.25) is 14.2 Å². The highest BCUT2D eigenvalue weighted by Gasteiger charge is 2.15. The molecule has 0 fully saturated rings. The molecule has 0 atom stereocenters. The normalized spacial score (nSPS) is 10.7. The van der Waals surface area contributed by atoms with Crippen LogP contribution < -0.4 is 0 Å². The summed E-state index contributed by atoms with van der Waals surface area (Å²) in [5.74, 6) is -0.0731. The highest BCUT2D eigenvalue weighted by atomic mass is 16.2. The van der Waals surface area contributed by atoms with Gasteiger partial charge in [-0.05, 0) is 18.6 Å². The molecule has 1 amide bonds. The predicted octanol–water partition coefficient (Wildman–Crippen LogP) is 1.30. The third-order valence-corrected chi connectivity index (χ3v) is 2.98. The molecule has 0 aliphatic rings. The lowest BCUT2D eigenvalue weighted by atomic mass is 10.3. The van der Waals surface area contributed by atoms with Crippen molar-refractivity contribution in [2.75, 3.05) is 7.05 Å². The van der Waals surface area contributed by atoms with Crippen molar-refractivity contribution >= 4 is 5.91 Å². The van der Waals surface area contributed by atoms with Gasteiger partial charge in [-0.2, -0.15) is 10.2 Å². The average Bonchev–Trinajstić information content (AvgIpc) is 2.99. The van der Waals surface area contributed by atoms with Crippen molar-refractivity contribution < 1.29 is 4.79 Å². The van der Waals surface area contributed by atoms with Gasteiger partial charge in [0, 0.05) is 33.0 Å². The molecular weight excluding hydrogens is 242 g/mol. The van der Waals surface area contributed by atoms with Crippen LogP contribution in [0.2, 0.25) is 0 Å². The summed E-state index contributed by atoms with van der Waals surface area (Å²) in [6, 6.07) is 3.66. The fourth-order valence-corrected chi connectivity index (χ4v) is 1.90. The first-order chi connectivity index (χ1) is 9.11. The van der Waals surface area contributed by atoms with E-state index in [9.17, 15) is 4.79 Å². The molecule has 0 bridgehead atoms. The van der Waals surface area contributed by atoms with Crippen LogP contribution in [0.25, 0.3) is 0 Å². The molecule has 0 saturated carbocycles. The summed E-state index contributed by atoms with van der Waals surface area (Å²) in [4.78, 5) is 13.9. The molecule has 102 valence electrons. The molecule has 0 aliphatic heterocycles. The van der Waals surface area contributed by atoms with Gasteiger partial charge in [0.2, 0.25) is 0 Å². The minimum absolute atomic E-state index is 0.0731. The van der Waals surface area contributed by atoms with Crippen molar-refractivity contribution in [2.24, 2.45) is 7.05 Å². The molecule has 0 saturated heterocycles. The van der Waals surface area contributed by atoms with Crippen molar-refractivity contribution in [1.82, 2.24) is 24.5 Å². The first kappa shape index (κ1) is 13.3. The van der Waals surface area contributed by atoms with Gasteiger partial charge >= 0.3 is 0 Å². The van der Waals surface area contributed by atoms with Crippen molar-refractivity contribution in [3.8, 4) is 0 Å². The lowest BCUT2D eigenvalue weighted by Gasteiger charge is -2.15. The molecule has 0 aliphatic carbocycles. The third kappa shape index (κ3) is 3.01. The number of aromatic nitrogens is 4. The van der Waals surface area contributed by atoms with E-state index in [0.717, 1.165) is 18.7 Å². The zero-order valence-electron chi connectivity index (χ0n) is 11.6. The van der Waals surface area contributed by atoms with Crippen molar-refractivity contribution in [3.63, 3.8) is 0 Å². The smallest absolute Gasteiger partial charge is 0.274 e. The Labute approximate surface area is 112 Å². The average molecular weight is 261 g/mol. The molecule has 0 spiro atoms. The predicted molar refractivity (Wildman–Crippen MR) is 71.5 cm³/mol. The molecule has 0 radical (unpaired) electrons. The van der Waals surface area contributed by atoms with E-state index in [1.807, 2.05) is 19.3 Å². The first-order valence-electron chi connectivity index (χ1n) is 6.37. The number of rotatable bonds is 5. The van der Waals surface area contributed by atoms with E-state index in [4.69, 9.17) is 0 Å². The Morgan fingerprint density at radius 3 is 2.84 bits per heavy atom. The number of carbonyl (C=O) groups excluding carboxylic acids is 1. The van der Waals surface area contributed by atoms with E-state index in [2.05, 4.69) is 17.1 Å². The summed E-state index contributed by atoms with van der Waals surface area (Å²) in [6.45, 7) is 3.44. The van der Waals surface area contributed by atoms with E-state index in [1.54, 1.807) is 33.6 Å². The molecule has 0 aromatic carbocycles. The molecular formula is C13H19N5O. The van der Waals surface area contributed by atoms with Crippen LogP contribution in [-0.2, 0) is 20.1 Å². The fraction of sp³-hybridized carbons (Fsp3) is 0.462. The summed E-state index contributed by atoms with van der Waals surface area (Å²) in [7, 11) is 3.64. The van der Waals surface area contributed by atoms with Gasteiger partial charge < -0.3 is 4.90 Å². The second-order valence-electron chi connectivity index (χ2n) is 4.57. The maximum Gasteiger partial charge on any atom is 0.274 e. The summed E-state index contributed by atoms with van der Waals surface area (Å²) >= 11 is 0. The molecule has 2 rings (SSSR count). The van der Waals surface area contributed by atoms with Crippen molar-refractivity contribution in [1.29, 1.82) is 0 Å². The third-order valence-electron chi connectivity index (χ3n) is 2.98. The van der Waals surface area contributed by atoms with Gasteiger partial charge in [-0.15, -0.1) is 0 Å². The quantitative estimate of drug-likeness (QED) is 0.815. The molecule has 19 heavy (non-hydrogen) atoms. The Morgan fingerprint density at radius 1 is 1.42 bits per heavy atom. The van der Waals surface area contributed by atoms with Crippen LogP contribution in [0.3, 0.4) is 0 Å². The van der Waals surface area contributed by atoms with Crippen LogP contribution in [0, 0.1) is 0 Å².